The predicted octanol–water partition coefficient (Wildman–Crippen LogP) is 5.00. The van der Waals surface area contributed by atoms with Crippen LogP contribution in [0.3, 0.4) is 0 Å². The average molecular weight is 487 g/mol. The highest BCUT2D eigenvalue weighted by Gasteiger charge is 2.31. The molecular formula is C20H15BrN4O4S. The van der Waals surface area contributed by atoms with Gasteiger partial charge in [0, 0.05) is 21.8 Å². The molecule has 1 aliphatic heterocycles. The molecule has 2 N–H and O–H groups in total. The Morgan fingerprint density at radius 1 is 1.27 bits per heavy atom. The number of hydrogen-bond acceptors (Lipinski definition) is 7. The first-order chi connectivity index (χ1) is 14.4. The van der Waals surface area contributed by atoms with Crippen molar-refractivity contribution in [1.82, 2.24) is 4.98 Å². The number of aromatic nitrogens is 1. The topological polar surface area (TPSA) is 116 Å². The van der Waals surface area contributed by atoms with Crippen molar-refractivity contribution in [3.63, 3.8) is 0 Å². The number of H-pyrrole nitrogens is 1. The normalized spacial score (nSPS) is 16.4. The molecule has 2 aromatic carbocycles. The maximum Gasteiger partial charge on any atom is 0.262 e. The molecule has 0 aliphatic carbocycles. The van der Waals surface area contributed by atoms with E-state index in [1.807, 2.05) is 6.07 Å². The number of carbonyl (C=O) groups excluding carboxylic acids is 2. The van der Waals surface area contributed by atoms with Gasteiger partial charge in [0.15, 0.2) is 11.5 Å². The molecule has 8 nitrogen and oxygen atoms in total. The number of aromatic hydroxyl groups is 1. The Labute approximate surface area is 183 Å². The summed E-state index contributed by atoms with van der Waals surface area (Å²) in [5, 5.41) is 18.3. The summed E-state index contributed by atoms with van der Waals surface area (Å²) >= 11 is 4.46. The third kappa shape index (κ3) is 4.14. The van der Waals surface area contributed by atoms with E-state index >= 15 is 0 Å². The molecule has 0 radical (unpaired) electrons. The number of carbonyl (C=O) groups is 2. The van der Waals surface area contributed by atoms with Gasteiger partial charge < -0.3 is 14.8 Å². The van der Waals surface area contributed by atoms with Crippen LogP contribution in [0.4, 0.5) is 5.69 Å². The molecule has 0 bridgehead atoms. The predicted molar refractivity (Wildman–Crippen MR) is 118 cm³/mol. The van der Waals surface area contributed by atoms with Crippen LogP contribution in [-0.2, 0) is 4.79 Å². The molecule has 1 amide bonds. The molecule has 1 aliphatic rings. The van der Waals surface area contributed by atoms with E-state index in [4.69, 9.17) is 4.74 Å². The molecule has 3 aromatic rings. The first-order valence-corrected chi connectivity index (χ1v) is 10.5. The quantitative estimate of drug-likeness (QED) is 0.388. The number of ether oxygens (including phenoxy) is 1. The van der Waals surface area contributed by atoms with Crippen molar-refractivity contribution in [3.05, 3.63) is 52.5 Å². The Hall–Kier alpha value is -2.98. The third-order valence-electron chi connectivity index (χ3n) is 4.46. The van der Waals surface area contributed by atoms with Crippen molar-refractivity contribution < 1.29 is 19.4 Å². The van der Waals surface area contributed by atoms with Gasteiger partial charge in [-0.05, 0) is 42.5 Å². The van der Waals surface area contributed by atoms with Gasteiger partial charge in [0.1, 0.15) is 11.0 Å². The number of ketones is 1. The van der Waals surface area contributed by atoms with Gasteiger partial charge in [-0.25, -0.2) is 0 Å². The molecule has 152 valence electrons. The number of halogens is 1. The summed E-state index contributed by atoms with van der Waals surface area (Å²) in [7, 11) is 1.55. The molecule has 10 heteroatoms. The first-order valence-electron chi connectivity index (χ1n) is 8.83. The number of aliphatic imine (C=N–C) groups is 1. The van der Waals surface area contributed by atoms with Crippen molar-refractivity contribution in [1.29, 1.82) is 0 Å². The van der Waals surface area contributed by atoms with Gasteiger partial charge >= 0.3 is 0 Å². The monoisotopic (exact) mass is 486 g/mol. The van der Waals surface area contributed by atoms with Crippen LogP contribution in [0.15, 0.2) is 62.2 Å². The summed E-state index contributed by atoms with van der Waals surface area (Å²) in [6.07, 6.45) is 0.00360. The zero-order chi connectivity index (χ0) is 21.3. The lowest BCUT2D eigenvalue weighted by molar-refractivity contribution is -0.117. The van der Waals surface area contributed by atoms with Gasteiger partial charge in [-0.2, -0.15) is 4.99 Å². The Balaban J connectivity index is 1.46. The van der Waals surface area contributed by atoms with E-state index in [1.54, 1.807) is 43.5 Å². The number of nitrogens with zero attached hydrogens (tertiary/aromatic N) is 3. The highest BCUT2D eigenvalue weighted by Crippen LogP contribution is 2.37. The lowest BCUT2D eigenvalue weighted by atomic mass is 10.1. The van der Waals surface area contributed by atoms with Gasteiger partial charge in [0.05, 0.1) is 12.6 Å². The molecule has 0 fully saturated rings. The van der Waals surface area contributed by atoms with E-state index in [9.17, 15) is 14.7 Å². The Kier molecular flexibility index (Phi) is 5.69. The van der Waals surface area contributed by atoms with E-state index in [2.05, 4.69) is 36.1 Å². The van der Waals surface area contributed by atoms with Crippen LogP contribution in [-0.4, -0.2) is 39.3 Å². The Bertz CT molecular complexity index is 1200. The molecule has 0 saturated carbocycles. The fourth-order valence-corrected chi connectivity index (χ4v) is 4.17. The SMILES string of the molecule is COc1ccc(C(=O)CC2SC(N=Nc3c(O)[nH]c4ccc(Br)cc34)=NC2=O)cc1. The van der Waals surface area contributed by atoms with Gasteiger partial charge in [-0.1, -0.05) is 27.7 Å². The summed E-state index contributed by atoms with van der Waals surface area (Å²) < 4.78 is 5.90. The highest BCUT2D eigenvalue weighted by atomic mass is 79.9. The largest absolute Gasteiger partial charge is 0.497 e. The standard InChI is InChI=1S/C20H15BrN4O4S/c1-29-12-5-2-10(3-6-12)15(26)9-16-18(27)23-20(30-16)25-24-17-13-8-11(21)4-7-14(13)22-19(17)28/h2-8,16,22,28H,9H2,1H3. The number of Topliss-reactive ketones (excluding diaryl/α,β-unsaturated/α-hetero) is 1. The van der Waals surface area contributed by atoms with Crippen LogP contribution in [0.5, 0.6) is 11.6 Å². The molecule has 4 rings (SSSR count). The summed E-state index contributed by atoms with van der Waals surface area (Å²) in [5.41, 5.74) is 1.44. The number of methoxy groups -OCH3 is 1. The molecule has 1 unspecified atom stereocenters. The van der Waals surface area contributed by atoms with Crippen molar-refractivity contribution >= 4 is 61.1 Å². The minimum absolute atomic E-state index is 0.00360. The number of azo groups is 1. The number of benzene rings is 2. The number of fused-ring (bicyclic) bond motifs is 1. The molecular weight excluding hydrogens is 472 g/mol. The van der Waals surface area contributed by atoms with E-state index < -0.39 is 11.2 Å². The fourth-order valence-electron chi connectivity index (χ4n) is 2.94. The van der Waals surface area contributed by atoms with E-state index in [-0.39, 0.29) is 28.9 Å². The zero-order valence-electron chi connectivity index (χ0n) is 15.6. The van der Waals surface area contributed by atoms with Crippen LogP contribution >= 0.6 is 27.7 Å². The van der Waals surface area contributed by atoms with Crippen molar-refractivity contribution in [2.75, 3.05) is 7.11 Å². The molecule has 0 spiro atoms. The summed E-state index contributed by atoms with van der Waals surface area (Å²) in [6.45, 7) is 0. The molecule has 1 atom stereocenters. The van der Waals surface area contributed by atoms with Crippen molar-refractivity contribution in [3.8, 4) is 11.6 Å². The molecule has 0 saturated heterocycles. The smallest absolute Gasteiger partial charge is 0.262 e. The second-order valence-corrected chi connectivity index (χ2v) is 8.49. The van der Waals surface area contributed by atoms with E-state index in [0.29, 0.717) is 22.2 Å². The second-order valence-electron chi connectivity index (χ2n) is 6.41. The van der Waals surface area contributed by atoms with Crippen LogP contribution in [0.25, 0.3) is 10.9 Å². The minimum Gasteiger partial charge on any atom is -0.497 e. The molecule has 30 heavy (non-hydrogen) atoms. The Morgan fingerprint density at radius 2 is 2.03 bits per heavy atom. The first kappa shape index (κ1) is 20.3. The minimum atomic E-state index is -0.653. The maximum absolute atomic E-state index is 12.5. The number of hydrogen-bond donors (Lipinski definition) is 2. The zero-order valence-corrected chi connectivity index (χ0v) is 18.0. The Morgan fingerprint density at radius 3 is 2.77 bits per heavy atom. The summed E-state index contributed by atoms with van der Waals surface area (Å²) in [6, 6.07) is 12.1. The van der Waals surface area contributed by atoms with Gasteiger partial charge in [0.25, 0.3) is 5.91 Å². The average Bonchev–Trinajstić information content (AvgIpc) is 3.24. The summed E-state index contributed by atoms with van der Waals surface area (Å²) in [4.78, 5) is 31.4. The molecule has 1 aromatic heterocycles. The summed E-state index contributed by atoms with van der Waals surface area (Å²) in [5.74, 6) is -0.0813. The van der Waals surface area contributed by atoms with E-state index in [0.717, 1.165) is 16.2 Å². The third-order valence-corrected chi connectivity index (χ3v) is 5.99. The second kappa shape index (κ2) is 8.41. The van der Waals surface area contributed by atoms with Crippen LogP contribution in [0, 0.1) is 0 Å². The highest BCUT2D eigenvalue weighted by molar-refractivity contribution is 9.10. The fraction of sp³-hybridized carbons (Fsp3) is 0.150. The van der Waals surface area contributed by atoms with Crippen molar-refractivity contribution in [2.24, 2.45) is 15.2 Å². The van der Waals surface area contributed by atoms with E-state index in [1.165, 1.54) is 0 Å². The number of rotatable bonds is 5. The van der Waals surface area contributed by atoms with Gasteiger partial charge in [-0.15, -0.1) is 10.2 Å². The molecule has 2 heterocycles. The number of thioether (sulfide) groups is 1. The maximum atomic E-state index is 12.5. The number of amides is 1. The van der Waals surface area contributed by atoms with Gasteiger partial charge in [0.2, 0.25) is 11.0 Å². The lowest BCUT2D eigenvalue weighted by Gasteiger charge is -2.06. The number of nitrogens with one attached hydrogen (secondary N) is 1. The van der Waals surface area contributed by atoms with Crippen molar-refractivity contribution in [2.45, 2.75) is 11.7 Å². The lowest BCUT2D eigenvalue weighted by Crippen LogP contribution is -2.16. The number of aromatic amines is 1. The van der Waals surface area contributed by atoms with Gasteiger partial charge in [-0.3, -0.25) is 9.59 Å². The van der Waals surface area contributed by atoms with Crippen LogP contribution in [0.1, 0.15) is 16.8 Å². The number of amidine groups is 1. The van der Waals surface area contributed by atoms with Crippen LogP contribution in [0.2, 0.25) is 0 Å². The van der Waals surface area contributed by atoms with Crippen LogP contribution < -0.4 is 4.74 Å².